The van der Waals surface area contributed by atoms with Crippen molar-refractivity contribution < 1.29 is 18.7 Å². The molecular weight excluding hydrogens is 439 g/mol. The summed E-state index contributed by atoms with van der Waals surface area (Å²) in [5, 5.41) is 4.02. The summed E-state index contributed by atoms with van der Waals surface area (Å²) in [6.07, 6.45) is 0.821. The van der Waals surface area contributed by atoms with Crippen molar-refractivity contribution in [2.24, 2.45) is 5.16 Å². The van der Waals surface area contributed by atoms with E-state index in [2.05, 4.69) is 38.1 Å². The number of rotatable bonds is 7. The van der Waals surface area contributed by atoms with Crippen LogP contribution in [0.2, 0.25) is 0 Å². The third kappa shape index (κ3) is 4.26. The lowest BCUT2D eigenvalue weighted by Crippen LogP contribution is -2.61. The molecule has 5 nitrogen and oxygen atoms in total. The molecule has 0 aliphatic carbocycles. The third-order valence-electron chi connectivity index (χ3n) is 5.09. The van der Waals surface area contributed by atoms with Crippen LogP contribution in [0.3, 0.4) is 0 Å². The van der Waals surface area contributed by atoms with E-state index >= 15 is 0 Å². The van der Waals surface area contributed by atoms with Gasteiger partial charge in [0.05, 0.1) is 18.8 Å². The molecule has 2 heterocycles. The van der Waals surface area contributed by atoms with E-state index < -0.39 is 0 Å². The van der Waals surface area contributed by atoms with Crippen LogP contribution in [0.4, 0.5) is 4.39 Å². The van der Waals surface area contributed by atoms with Crippen LogP contribution >= 0.6 is 15.9 Å². The Morgan fingerprint density at radius 1 is 1.10 bits per heavy atom. The van der Waals surface area contributed by atoms with Gasteiger partial charge in [-0.15, -0.1) is 0 Å². The first-order valence-electron chi connectivity index (χ1n) is 9.83. The summed E-state index contributed by atoms with van der Waals surface area (Å²) in [6, 6.07) is 10.5. The summed E-state index contributed by atoms with van der Waals surface area (Å²) in [7, 11) is 0. The van der Waals surface area contributed by atoms with Gasteiger partial charge in [0.2, 0.25) is 0 Å². The highest BCUT2D eigenvalue weighted by atomic mass is 79.9. The largest absolute Gasteiger partial charge is 0.493 e. The first kappa shape index (κ1) is 20.2. The quantitative estimate of drug-likeness (QED) is 0.582. The molecule has 0 amide bonds. The Morgan fingerprint density at radius 2 is 1.72 bits per heavy atom. The minimum absolute atomic E-state index is 0.182. The topological polar surface area (TPSA) is 43.3 Å². The maximum atomic E-state index is 13.4. The molecular formula is C22H24BrFN2O3. The minimum atomic E-state index is -0.266. The molecule has 1 spiro atoms. The highest BCUT2D eigenvalue weighted by molar-refractivity contribution is 9.18. The normalized spacial score (nSPS) is 17.6. The molecule has 2 aliphatic rings. The molecule has 1 fully saturated rings. The molecule has 4 rings (SSSR count). The molecule has 2 aliphatic heterocycles. The number of hydrogen-bond acceptors (Lipinski definition) is 5. The molecule has 2 aromatic rings. The van der Waals surface area contributed by atoms with Crippen LogP contribution < -0.4 is 9.47 Å². The van der Waals surface area contributed by atoms with Crippen LogP contribution in [0.5, 0.6) is 11.5 Å². The van der Waals surface area contributed by atoms with E-state index in [9.17, 15) is 4.39 Å². The van der Waals surface area contributed by atoms with E-state index in [4.69, 9.17) is 14.3 Å². The number of likely N-dealkylation sites (tertiary alicyclic amines) is 1. The Bertz CT molecular complexity index is 884. The van der Waals surface area contributed by atoms with E-state index in [1.54, 1.807) is 12.1 Å². The summed E-state index contributed by atoms with van der Waals surface area (Å²) in [5.41, 5.74) is 2.65. The average Bonchev–Trinajstić information content (AvgIpc) is 3.05. The van der Waals surface area contributed by atoms with Gasteiger partial charge in [-0.1, -0.05) is 17.3 Å². The van der Waals surface area contributed by atoms with Gasteiger partial charge in [0.1, 0.15) is 21.9 Å². The van der Waals surface area contributed by atoms with Crippen molar-refractivity contribution in [2.75, 3.05) is 26.3 Å². The second-order valence-corrected chi connectivity index (χ2v) is 8.32. The molecule has 0 N–H and O–H groups in total. The van der Waals surface area contributed by atoms with E-state index in [1.165, 1.54) is 12.1 Å². The maximum Gasteiger partial charge on any atom is 0.169 e. The fraction of sp³-hybridized carbons (Fsp3) is 0.409. The highest BCUT2D eigenvalue weighted by Crippen LogP contribution is 2.41. The zero-order chi connectivity index (χ0) is 20.4. The van der Waals surface area contributed by atoms with Gasteiger partial charge in [-0.3, -0.25) is 4.90 Å². The molecule has 0 atom stereocenters. The number of hydrogen-bond donors (Lipinski definition) is 0. The van der Waals surface area contributed by atoms with Crippen LogP contribution in [-0.4, -0.2) is 41.4 Å². The Labute approximate surface area is 178 Å². The summed E-state index contributed by atoms with van der Waals surface area (Å²) < 4.78 is 26.2. The molecule has 0 saturated carbocycles. The second kappa shape index (κ2) is 8.32. The van der Waals surface area contributed by atoms with Crippen LogP contribution in [-0.2, 0) is 11.4 Å². The molecule has 0 radical (unpaired) electrons. The number of nitrogens with zero attached hydrogens (tertiary/aromatic N) is 2. The standard InChI is InChI=1S/C22H24BrFN2O3/c1-3-27-18-9-15(12-26-13-22(14-26)11-20(23)25-29-22)10-19(28-4-2)21(18)16-5-7-17(24)8-6-16/h5-10H,3-4,11-14H2,1-2H3. The molecule has 0 aromatic heterocycles. The Balaban J connectivity index is 1.59. The van der Waals surface area contributed by atoms with Crippen LogP contribution in [0.1, 0.15) is 25.8 Å². The van der Waals surface area contributed by atoms with Gasteiger partial charge in [-0.2, -0.15) is 0 Å². The van der Waals surface area contributed by atoms with Gasteiger partial charge in [0, 0.05) is 26.1 Å². The van der Waals surface area contributed by atoms with Gasteiger partial charge in [0.15, 0.2) is 5.60 Å². The number of ether oxygens (including phenoxy) is 2. The number of benzene rings is 2. The molecule has 0 unspecified atom stereocenters. The van der Waals surface area contributed by atoms with Crippen LogP contribution in [0, 0.1) is 5.82 Å². The predicted molar refractivity (Wildman–Crippen MR) is 114 cm³/mol. The molecule has 2 aromatic carbocycles. The van der Waals surface area contributed by atoms with E-state index in [-0.39, 0.29) is 11.4 Å². The van der Waals surface area contributed by atoms with Gasteiger partial charge < -0.3 is 14.3 Å². The van der Waals surface area contributed by atoms with Crippen molar-refractivity contribution in [1.82, 2.24) is 4.90 Å². The van der Waals surface area contributed by atoms with Crippen molar-refractivity contribution in [3.63, 3.8) is 0 Å². The zero-order valence-electron chi connectivity index (χ0n) is 16.6. The first-order valence-corrected chi connectivity index (χ1v) is 10.6. The van der Waals surface area contributed by atoms with Crippen LogP contribution in [0.25, 0.3) is 11.1 Å². The molecule has 0 bridgehead atoms. The van der Waals surface area contributed by atoms with Gasteiger partial charge >= 0.3 is 0 Å². The maximum absolute atomic E-state index is 13.4. The van der Waals surface area contributed by atoms with E-state index in [0.29, 0.717) is 13.2 Å². The lowest BCUT2D eigenvalue weighted by atomic mass is 9.90. The Morgan fingerprint density at radius 3 is 2.24 bits per heavy atom. The summed E-state index contributed by atoms with van der Waals surface area (Å²) in [6.45, 7) is 7.42. The number of halogens is 2. The van der Waals surface area contributed by atoms with Gasteiger partial charge in [-0.05, 0) is 65.2 Å². The van der Waals surface area contributed by atoms with Gasteiger partial charge in [0.25, 0.3) is 0 Å². The van der Waals surface area contributed by atoms with E-state index in [1.807, 2.05) is 13.8 Å². The smallest absolute Gasteiger partial charge is 0.169 e. The van der Waals surface area contributed by atoms with Gasteiger partial charge in [-0.25, -0.2) is 4.39 Å². The molecule has 7 heteroatoms. The van der Waals surface area contributed by atoms with Crippen molar-refractivity contribution in [3.05, 3.63) is 47.8 Å². The number of oxime groups is 1. The van der Waals surface area contributed by atoms with Crippen molar-refractivity contribution in [2.45, 2.75) is 32.4 Å². The molecule has 1 saturated heterocycles. The van der Waals surface area contributed by atoms with Crippen molar-refractivity contribution >= 4 is 20.6 Å². The minimum Gasteiger partial charge on any atom is -0.493 e. The first-order chi connectivity index (χ1) is 14.0. The Hall–Kier alpha value is -2.12. The molecule has 29 heavy (non-hydrogen) atoms. The fourth-order valence-corrected chi connectivity index (χ4v) is 4.54. The Kier molecular flexibility index (Phi) is 5.79. The summed E-state index contributed by atoms with van der Waals surface area (Å²) in [5.74, 6) is 1.23. The predicted octanol–water partition coefficient (Wildman–Crippen LogP) is 4.97. The highest BCUT2D eigenvalue weighted by Gasteiger charge is 2.49. The van der Waals surface area contributed by atoms with E-state index in [0.717, 1.165) is 58.9 Å². The summed E-state index contributed by atoms with van der Waals surface area (Å²) in [4.78, 5) is 7.91. The van der Waals surface area contributed by atoms with Crippen LogP contribution in [0.15, 0.2) is 41.6 Å². The zero-order valence-corrected chi connectivity index (χ0v) is 18.2. The lowest BCUT2D eigenvalue weighted by Gasteiger charge is -2.45. The van der Waals surface area contributed by atoms with Crippen molar-refractivity contribution in [1.29, 1.82) is 0 Å². The lowest BCUT2D eigenvalue weighted by molar-refractivity contribution is -0.128. The monoisotopic (exact) mass is 462 g/mol. The van der Waals surface area contributed by atoms with Crippen molar-refractivity contribution in [3.8, 4) is 22.6 Å². The fourth-order valence-electron chi connectivity index (χ4n) is 3.96. The summed E-state index contributed by atoms with van der Waals surface area (Å²) >= 11 is 3.41. The molecule has 154 valence electrons. The SMILES string of the molecule is CCOc1cc(CN2CC3(CC(Br)=NO3)C2)cc(OCC)c1-c1ccc(F)cc1. The third-order valence-corrected chi connectivity index (χ3v) is 5.52. The second-order valence-electron chi connectivity index (χ2n) is 7.40. The average molecular weight is 463 g/mol.